The van der Waals surface area contributed by atoms with Crippen LogP contribution in [0, 0.1) is 5.41 Å². The van der Waals surface area contributed by atoms with E-state index >= 15 is 0 Å². The second kappa shape index (κ2) is 9.00. The number of nitrogens with zero attached hydrogens (tertiary/aromatic N) is 2. The van der Waals surface area contributed by atoms with E-state index in [1.165, 1.54) is 0 Å². The molecule has 0 spiro atoms. The average molecular weight is 380 g/mol. The van der Waals surface area contributed by atoms with Gasteiger partial charge >= 0.3 is 0 Å². The standard InChI is InChI=1S/C23H29N3O2/c1-3-6-21(27)26-14-12-23(17-26,22(28)25-4-2)15-18-8-10-19(11-9-18)20-7-5-13-24-16-20/h5,7-11,13,16H,3-4,6,12,14-15,17H2,1-2H3,(H,25,28)/t23-/m1/s1. The van der Waals surface area contributed by atoms with Crippen molar-refractivity contribution in [3.8, 4) is 11.1 Å². The molecule has 5 heteroatoms. The summed E-state index contributed by atoms with van der Waals surface area (Å²) in [6.45, 7) is 5.70. The van der Waals surface area contributed by atoms with Crippen molar-refractivity contribution in [1.82, 2.24) is 15.2 Å². The van der Waals surface area contributed by atoms with E-state index in [0.717, 1.165) is 23.1 Å². The van der Waals surface area contributed by atoms with Crippen molar-refractivity contribution in [1.29, 1.82) is 0 Å². The van der Waals surface area contributed by atoms with Crippen molar-refractivity contribution in [3.63, 3.8) is 0 Å². The lowest BCUT2D eigenvalue weighted by molar-refractivity contribution is -0.133. The third-order valence-electron chi connectivity index (χ3n) is 5.48. The fourth-order valence-corrected chi connectivity index (χ4v) is 3.95. The third kappa shape index (κ3) is 4.41. The van der Waals surface area contributed by atoms with Gasteiger partial charge in [-0.2, -0.15) is 0 Å². The van der Waals surface area contributed by atoms with Crippen LogP contribution in [-0.2, 0) is 16.0 Å². The van der Waals surface area contributed by atoms with Crippen LogP contribution >= 0.6 is 0 Å². The van der Waals surface area contributed by atoms with Crippen LogP contribution in [0.2, 0.25) is 0 Å². The van der Waals surface area contributed by atoms with Crippen molar-refractivity contribution in [2.24, 2.45) is 5.41 Å². The van der Waals surface area contributed by atoms with Crippen molar-refractivity contribution in [3.05, 3.63) is 54.4 Å². The van der Waals surface area contributed by atoms with Gasteiger partial charge in [-0.1, -0.05) is 37.3 Å². The van der Waals surface area contributed by atoms with E-state index in [0.29, 0.717) is 38.9 Å². The van der Waals surface area contributed by atoms with Gasteiger partial charge in [-0.3, -0.25) is 14.6 Å². The third-order valence-corrected chi connectivity index (χ3v) is 5.48. The zero-order chi connectivity index (χ0) is 20.0. The molecule has 28 heavy (non-hydrogen) atoms. The van der Waals surface area contributed by atoms with Crippen molar-refractivity contribution >= 4 is 11.8 Å². The molecule has 2 aromatic rings. The molecular weight excluding hydrogens is 350 g/mol. The highest BCUT2D eigenvalue weighted by atomic mass is 16.2. The van der Waals surface area contributed by atoms with E-state index in [1.54, 1.807) is 6.20 Å². The molecule has 1 aromatic heterocycles. The number of carbonyl (C=O) groups is 2. The molecule has 1 atom stereocenters. The Morgan fingerprint density at radius 1 is 1.14 bits per heavy atom. The molecule has 0 bridgehead atoms. The molecule has 1 saturated heterocycles. The number of rotatable bonds is 7. The molecule has 0 saturated carbocycles. The summed E-state index contributed by atoms with van der Waals surface area (Å²) in [5, 5.41) is 2.99. The number of carbonyl (C=O) groups excluding carboxylic acids is 2. The van der Waals surface area contributed by atoms with E-state index in [4.69, 9.17) is 0 Å². The van der Waals surface area contributed by atoms with Gasteiger partial charge in [0.1, 0.15) is 0 Å². The van der Waals surface area contributed by atoms with Gasteiger partial charge in [-0.15, -0.1) is 0 Å². The number of pyridine rings is 1. The molecule has 1 aromatic carbocycles. The molecule has 0 radical (unpaired) electrons. The zero-order valence-corrected chi connectivity index (χ0v) is 16.8. The van der Waals surface area contributed by atoms with Crippen LogP contribution in [0.5, 0.6) is 0 Å². The smallest absolute Gasteiger partial charge is 0.228 e. The van der Waals surface area contributed by atoms with Gasteiger partial charge in [0, 0.05) is 38.4 Å². The molecule has 2 heterocycles. The van der Waals surface area contributed by atoms with Gasteiger partial charge < -0.3 is 10.2 Å². The first-order valence-corrected chi connectivity index (χ1v) is 10.1. The Labute approximate surface area is 167 Å². The highest BCUT2D eigenvalue weighted by Gasteiger charge is 2.45. The molecule has 148 valence electrons. The summed E-state index contributed by atoms with van der Waals surface area (Å²) in [4.78, 5) is 31.3. The van der Waals surface area contributed by atoms with Crippen LogP contribution in [0.25, 0.3) is 11.1 Å². The highest BCUT2D eigenvalue weighted by molar-refractivity contribution is 5.85. The first-order valence-electron chi connectivity index (χ1n) is 10.1. The number of hydrogen-bond donors (Lipinski definition) is 1. The summed E-state index contributed by atoms with van der Waals surface area (Å²) in [7, 11) is 0. The molecule has 1 aliphatic rings. The number of aromatic nitrogens is 1. The fraction of sp³-hybridized carbons (Fsp3) is 0.435. The van der Waals surface area contributed by atoms with Crippen LogP contribution in [0.3, 0.4) is 0 Å². The minimum Gasteiger partial charge on any atom is -0.356 e. The van der Waals surface area contributed by atoms with E-state index in [1.807, 2.05) is 37.1 Å². The number of likely N-dealkylation sites (tertiary alicyclic amines) is 1. The number of hydrogen-bond acceptors (Lipinski definition) is 3. The lowest BCUT2D eigenvalue weighted by atomic mass is 9.79. The van der Waals surface area contributed by atoms with E-state index < -0.39 is 5.41 Å². The van der Waals surface area contributed by atoms with Crippen LogP contribution in [-0.4, -0.2) is 41.3 Å². The summed E-state index contributed by atoms with van der Waals surface area (Å²) in [6.07, 6.45) is 6.34. The zero-order valence-electron chi connectivity index (χ0n) is 16.8. The second-order valence-corrected chi connectivity index (χ2v) is 7.57. The van der Waals surface area contributed by atoms with Crippen LogP contribution < -0.4 is 5.32 Å². The van der Waals surface area contributed by atoms with E-state index in [-0.39, 0.29) is 11.8 Å². The van der Waals surface area contributed by atoms with E-state index in [9.17, 15) is 9.59 Å². The predicted molar refractivity (Wildman–Crippen MR) is 111 cm³/mol. The molecule has 0 unspecified atom stereocenters. The maximum Gasteiger partial charge on any atom is 0.228 e. The fourth-order valence-electron chi connectivity index (χ4n) is 3.95. The van der Waals surface area contributed by atoms with Crippen molar-refractivity contribution in [2.45, 2.75) is 39.5 Å². The lowest BCUT2D eigenvalue weighted by Gasteiger charge is -2.28. The summed E-state index contributed by atoms with van der Waals surface area (Å²) >= 11 is 0. The maximum absolute atomic E-state index is 12.9. The van der Waals surface area contributed by atoms with Crippen LogP contribution in [0.4, 0.5) is 0 Å². The minimum atomic E-state index is -0.546. The van der Waals surface area contributed by atoms with E-state index in [2.05, 4.69) is 34.6 Å². The first kappa shape index (κ1) is 20.1. The molecule has 1 fully saturated rings. The number of benzene rings is 1. The summed E-state index contributed by atoms with van der Waals surface area (Å²) in [5.41, 5.74) is 2.75. The van der Waals surface area contributed by atoms with Gasteiger partial charge in [0.25, 0.3) is 0 Å². The number of nitrogens with one attached hydrogen (secondary N) is 1. The van der Waals surface area contributed by atoms with Crippen molar-refractivity contribution < 1.29 is 9.59 Å². The van der Waals surface area contributed by atoms with Gasteiger partial charge in [0.05, 0.1) is 5.41 Å². The summed E-state index contributed by atoms with van der Waals surface area (Å²) < 4.78 is 0. The Bertz CT molecular complexity index is 804. The van der Waals surface area contributed by atoms with Gasteiger partial charge in [-0.05, 0) is 48.9 Å². The Morgan fingerprint density at radius 3 is 2.57 bits per heavy atom. The van der Waals surface area contributed by atoms with Crippen LogP contribution in [0.15, 0.2) is 48.8 Å². The Balaban J connectivity index is 1.79. The lowest BCUT2D eigenvalue weighted by Crippen LogP contribution is -2.45. The Hall–Kier alpha value is -2.69. The molecular formula is C23H29N3O2. The normalized spacial score (nSPS) is 18.9. The van der Waals surface area contributed by atoms with Gasteiger partial charge in [0.15, 0.2) is 0 Å². The minimum absolute atomic E-state index is 0.0538. The van der Waals surface area contributed by atoms with Gasteiger partial charge in [0.2, 0.25) is 11.8 Å². The molecule has 1 N–H and O–H groups in total. The summed E-state index contributed by atoms with van der Waals surface area (Å²) in [5.74, 6) is 0.207. The quantitative estimate of drug-likeness (QED) is 0.801. The summed E-state index contributed by atoms with van der Waals surface area (Å²) in [6, 6.07) is 12.3. The van der Waals surface area contributed by atoms with Crippen molar-refractivity contribution in [2.75, 3.05) is 19.6 Å². The Morgan fingerprint density at radius 2 is 1.93 bits per heavy atom. The predicted octanol–water partition coefficient (Wildman–Crippen LogP) is 3.45. The second-order valence-electron chi connectivity index (χ2n) is 7.57. The van der Waals surface area contributed by atoms with Gasteiger partial charge in [-0.25, -0.2) is 0 Å². The average Bonchev–Trinajstić information content (AvgIpc) is 3.15. The first-order chi connectivity index (χ1) is 13.6. The number of amides is 2. The largest absolute Gasteiger partial charge is 0.356 e. The monoisotopic (exact) mass is 379 g/mol. The Kier molecular flexibility index (Phi) is 6.45. The van der Waals surface area contributed by atoms with Crippen LogP contribution in [0.1, 0.15) is 38.7 Å². The SMILES string of the molecule is CCCC(=O)N1CC[C@](Cc2ccc(-c3cccnc3)cc2)(C(=O)NCC)C1. The molecule has 2 amide bonds. The molecule has 1 aliphatic heterocycles. The molecule has 5 nitrogen and oxygen atoms in total. The topological polar surface area (TPSA) is 62.3 Å². The maximum atomic E-state index is 12.9. The highest BCUT2D eigenvalue weighted by Crippen LogP contribution is 2.35. The molecule has 3 rings (SSSR count). The molecule has 0 aliphatic carbocycles.